The van der Waals surface area contributed by atoms with Gasteiger partial charge in [-0.05, 0) is 52.2 Å². The van der Waals surface area contributed by atoms with Crippen LogP contribution in [0.15, 0.2) is 24.5 Å². The highest BCUT2D eigenvalue weighted by Crippen LogP contribution is 2.40. The molecule has 2 fully saturated rings. The maximum atomic E-state index is 13.9. The summed E-state index contributed by atoms with van der Waals surface area (Å²) in [5.74, 6) is -2.12. The van der Waals surface area contributed by atoms with Gasteiger partial charge in [-0.1, -0.05) is 0 Å². The number of nitriles is 1. The third-order valence-electron chi connectivity index (χ3n) is 6.46. The van der Waals surface area contributed by atoms with Crippen molar-refractivity contribution >= 4 is 28.7 Å². The maximum Gasteiger partial charge on any atom is 0.408 e. The highest BCUT2D eigenvalue weighted by Gasteiger charge is 2.48. The zero-order valence-electron chi connectivity index (χ0n) is 20.9. The molecule has 1 aliphatic carbocycles. The van der Waals surface area contributed by atoms with Gasteiger partial charge in [0.2, 0.25) is 5.91 Å². The van der Waals surface area contributed by atoms with E-state index in [1.807, 2.05) is 6.07 Å². The third kappa shape index (κ3) is 6.39. The average molecular weight is 519 g/mol. The van der Waals surface area contributed by atoms with Gasteiger partial charge in [0.05, 0.1) is 22.7 Å². The molecule has 1 saturated carbocycles. The van der Waals surface area contributed by atoms with Gasteiger partial charge in [-0.15, -0.1) is 0 Å². The number of carbonyl (C=O) groups excluding carboxylic acids is 2. The van der Waals surface area contributed by atoms with Gasteiger partial charge in [0.25, 0.3) is 0 Å². The Hall–Kier alpha value is -3.62. The molecular weight excluding hydrogens is 489 g/mol. The van der Waals surface area contributed by atoms with Crippen molar-refractivity contribution < 1.29 is 27.5 Å². The molecule has 2 unspecified atom stereocenters. The highest BCUT2D eigenvalue weighted by molar-refractivity contribution is 5.92. The lowest BCUT2D eigenvalue weighted by Crippen LogP contribution is -2.54. The summed E-state index contributed by atoms with van der Waals surface area (Å²) >= 11 is 0. The minimum atomic E-state index is -4.47. The van der Waals surface area contributed by atoms with E-state index in [2.05, 4.69) is 20.6 Å². The van der Waals surface area contributed by atoms with Gasteiger partial charge in [0.1, 0.15) is 22.7 Å². The van der Waals surface area contributed by atoms with E-state index in [1.165, 1.54) is 23.4 Å². The van der Waals surface area contributed by atoms with Gasteiger partial charge < -0.3 is 20.3 Å². The van der Waals surface area contributed by atoms with Crippen molar-refractivity contribution in [2.24, 2.45) is 5.92 Å². The smallest absolute Gasteiger partial charge is 0.408 e. The number of piperidine rings is 1. The fraction of sp³-hybridized carbons (Fsp3) is 0.560. The average Bonchev–Trinajstić information content (AvgIpc) is 3.54. The van der Waals surface area contributed by atoms with Gasteiger partial charge in [0.15, 0.2) is 0 Å². The summed E-state index contributed by atoms with van der Waals surface area (Å²) in [5.41, 5.74) is -0.119. The molecule has 1 aromatic heterocycles. The van der Waals surface area contributed by atoms with E-state index in [4.69, 9.17) is 4.74 Å². The predicted octanol–water partition coefficient (Wildman–Crippen LogP) is 3.82. The van der Waals surface area contributed by atoms with Crippen LogP contribution >= 0.6 is 0 Å². The minimum absolute atomic E-state index is 0.0509. The molecule has 2 heterocycles. The molecule has 1 aliphatic heterocycles. The predicted molar refractivity (Wildman–Crippen MR) is 129 cm³/mol. The van der Waals surface area contributed by atoms with Crippen molar-refractivity contribution in [2.75, 3.05) is 18.0 Å². The van der Waals surface area contributed by atoms with Gasteiger partial charge in [-0.2, -0.15) is 18.4 Å². The van der Waals surface area contributed by atoms with Crippen LogP contribution in [0.5, 0.6) is 0 Å². The molecule has 2 aromatic rings. The third-order valence-corrected chi connectivity index (χ3v) is 6.46. The zero-order chi connectivity index (χ0) is 27.0. The summed E-state index contributed by atoms with van der Waals surface area (Å²) < 4.78 is 46.9. The van der Waals surface area contributed by atoms with E-state index in [0.29, 0.717) is 29.6 Å². The standard InChI is InChI=1S/C25H29F3N6O3/c1-23(2,3)37-22(36)33-24(6-7-24)11-19(35)32-17-10-16(25(26,27)28)13-34(14-17)18-5-4-15(12-29)20-21(18)31-9-8-30-20/h4-5,8-9,16-17H,6-7,10-11,13-14H2,1-3H3,(H,32,35)(H,33,36). The Morgan fingerprint density at radius 3 is 2.43 bits per heavy atom. The minimum Gasteiger partial charge on any atom is -0.444 e. The van der Waals surface area contributed by atoms with Crippen molar-refractivity contribution in [3.05, 3.63) is 30.1 Å². The molecule has 0 bridgehead atoms. The van der Waals surface area contributed by atoms with E-state index < -0.39 is 41.3 Å². The Balaban J connectivity index is 1.50. The second-order valence-corrected chi connectivity index (χ2v) is 10.7. The van der Waals surface area contributed by atoms with Crippen LogP contribution in [0.3, 0.4) is 0 Å². The molecule has 1 saturated heterocycles. The van der Waals surface area contributed by atoms with E-state index in [9.17, 15) is 28.0 Å². The van der Waals surface area contributed by atoms with Crippen molar-refractivity contribution in [1.82, 2.24) is 20.6 Å². The fourth-order valence-electron chi connectivity index (χ4n) is 4.63. The number of aromatic nitrogens is 2. The summed E-state index contributed by atoms with van der Waals surface area (Å²) in [5, 5.41) is 14.9. The van der Waals surface area contributed by atoms with E-state index >= 15 is 0 Å². The Labute approximate surface area is 212 Å². The molecule has 9 nitrogen and oxygen atoms in total. The van der Waals surface area contributed by atoms with Gasteiger partial charge in [0, 0.05) is 37.9 Å². The fourth-order valence-corrected chi connectivity index (χ4v) is 4.63. The van der Waals surface area contributed by atoms with Gasteiger partial charge >= 0.3 is 12.3 Å². The lowest BCUT2D eigenvalue weighted by atomic mass is 9.92. The van der Waals surface area contributed by atoms with Crippen molar-refractivity contribution in [3.8, 4) is 6.07 Å². The number of benzene rings is 1. The van der Waals surface area contributed by atoms with Crippen LogP contribution in [0.25, 0.3) is 11.0 Å². The number of fused-ring (bicyclic) bond motifs is 1. The van der Waals surface area contributed by atoms with Crippen molar-refractivity contribution in [3.63, 3.8) is 0 Å². The second kappa shape index (κ2) is 9.68. The number of alkyl halides is 3. The molecule has 37 heavy (non-hydrogen) atoms. The number of carbonyl (C=O) groups is 2. The number of rotatable bonds is 5. The number of alkyl carbamates (subject to hydrolysis) is 1. The number of nitrogens with zero attached hydrogens (tertiary/aromatic N) is 4. The van der Waals surface area contributed by atoms with Crippen molar-refractivity contribution in [1.29, 1.82) is 5.26 Å². The van der Waals surface area contributed by atoms with Crippen LogP contribution in [0, 0.1) is 17.2 Å². The SMILES string of the molecule is CC(C)(C)OC(=O)NC1(CC(=O)NC2CC(C(F)(F)F)CN(c3ccc(C#N)c4nccnc34)C2)CC1. The van der Waals surface area contributed by atoms with E-state index in [1.54, 1.807) is 26.8 Å². The molecule has 4 rings (SSSR count). The number of amides is 2. The molecule has 12 heteroatoms. The molecule has 2 N–H and O–H groups in total. The number of hydrogen-bond donors (Lipinski definition) is 2. The molecule has 2 atom stereocenters. The zero-order valence-corrected chi connectivity index (χ0v) is 20.9. The first-order valence-corrected chi connectivity index (χ1v) is 12.0. The monoisotopic (exact) mass is 518 g/mol. The lowest BCUT2D eigenvalue weighted by Gasteiger charge is -2.40. The van der Waals surface area contributed by atoms with Crippen LogP contribution in [-0.2, 0) is 9.53 Å². The first-order valence-electron chi connectivity index (χ1n) is 12.0. The summed E-state index contributed by atoms with van der Waals surface area (Å²) in [6, 6.07) is 4.32. The molecular formula is C25H29F3N6O3. The quantitative estimate of drug-likeness (QED) is 0.617. The molecule has 198 valence electrons. The largest absolute Gasteiger partial charge is 0.444 e. The van der Waals surface area contributed by atoms with Crippen LogP contribution in [0.1, 0.15) is 52.0 Å². The van der Waals surface area contributed by atoms with Crippen LogP contribution in [-0.4, -0.2) is 58.4 Å². The molecule has 0 spiro atoms. The van der Waals surface area contributed by atoms with Gasteiger partial charge in [-0.3, -0.25) is 14.8 Å². The summed E-state index contributed by atoms with van der Waals surface area (Å²) in [6.07, 6.45) is -1.41. The normalized spacial score (nSPS) is 21.2. The first-order chi connectivity index (χ1) is 17.3. The Bertz CT molecular complexity index is 1230. The van der Waals surface area contributed by atoms with E-state index in [0.717, 1.165) is 0 Å². The number of ether oxygens (including phenoxy) is 1. The second-order valence-electron chi connectivity index (χ2n) is 10.7. The number of halogens is 3. The Morgan fingerprint density at radius 2 is 1.84 bits per heavy atom. The number of anilines is 1. The van der Waals surface area contributed by atoms with Crippen LogP contribution in [0.4, 0.5) is 23.7 Å². The van der Waals surface area contributed by atoms with Crippen molar-refractivity contribution in [2.45, 2.75) is 69.8 Å². The first kappa shape index (κ1) is 26.4. The maximum absolute atomic E-state index is 13.9. The lowest BCUT2D eigenvalue weighted by molar-refractivity contribution is -0.178. The van der Waals surface area contributed by atoms with E-state index in [-0.39, 0.29) is 31.5 Å². The summed E-state index contributed by atoms with van der Waals surface area (Å²) in [7, 11) is 0. The Morgan fingerprint density at radius 1 is 1.16 bits per heavy atom. The molecule has 1 aromatic carbocycles. The Kier molecular flexibility index (Phi) is 6.92. The molecule has 2 amide bonds. The highest BCUT2D eigenvalue weighted by atomic mass is 19.4. The summed E-state index contributed by atoms with van der Waals surface area (Å²) in [4.78, 5) is 35.0. The number of hydrogen-bond acceptors (Lipinski definition) is 7. The topological polar surface area (TPSA) is 120 Å². The summed E-state index contributed by atoms with van der Waals surface area (Å²) in [6.45, 7) is 5.01. The number of nitrogens with one attached hydrogen (secondary N) is 2. The molecule has 0 radical (unpaired) electrons. The molecule has 2 aliphatic rings. The van der Waals surface area contributed by atoms with Gasteiger partial charge in [-0.25, -0.2) is 4.79 Å². The van der Waals surface area contributed by atoms with Crippen LogP contribution in [0.2, 0.25) is 0 Å². The van der Waals surface area contributed by atoms with Crippen LogP contribution < -0.4 is 15.5 Å².